The van der Waals surface area contributed by atoms with Gasteiger partial charge in [-0.1, -0.05) is 0 Å². The predicted octanol–water partition coefficient (Wildman–Crippen LogP) is 1.84. The number of aldehydes is 1. The summed E-state index contributed by atoms with van der Waals surface area (Å²) >= 11 is 0. The first-order valence-electron chi connectivity index (χ1n) is 4.52. The number of carbonyl (C=O) groups excluding carboxylic acids is 1. The lowest BCUT2D eigenvalue weighted by molar-refractivity contribution is -0.108. The van der Waals surface area contributed by atoms with Gasteiger partial charge in [-0.3, -0.25) is 4.57 Å². The summed E-state index contributed by atoms with van der Waals surface area (Å²) in [5.41, 5.74) is -0.190. The highest BCUT2D eigenvalue weighted by molar-refractivity contribution is 7.55. The molecule has 1 aliphatic rings. The average molecular weight is 206 g/mol. The van der Waals surface area contributed by atoms with Crippen LogP contribution >= 0.6 is 7.60 Å². The molecule has 4 nitrogen and oxygen atoms in total. The molecular weight excluding hydrogens is 191 g/mol. The molecule has 1 fully saturated rings. The van der Waals surface area contributed by atoms with Gasteiger partial charge in [-0.25, -0.2) is 0 Å². The average Bonchev–Trinajstić information content (AvgIpc) is 2.84. The smallest absolute Gasteiger partial charge is 0.309 e. The van der Waals surface area contributed by atoms with Gasteiger partial charge < -0.3 is 13.8 Å². The van der Waals surface area contributed by atoms with Crippen LogP contribution in [0.1, 0.15) is 20.3 Å². The Morgan fingerprint density at radius 2 is 1.92 bits per heavy atom. The molecule has 1 aliphatic carbocycles. The molecule has 0 aliphatic heterocycles. The summed E-state index contributed by atoms with van der Waals surface area (Å²) < 4.78 is 22.1. The maximum atomic E-state index is 11.9. The van der Waals surface area contributed by atoms with Crippen LogP contribution in [0.5, 0.6) is 0 Å². The summed E-state index contributed by atoms with van der Waals surface area (Å²) in [6, 6.07) is 0. The van der Waals surface area contributed by atoms with Crippen molar-refractivity contribution in [2.75, 3.05) is 13.2 Å². The fraction of sp³-hybridized carbons (Fsp3) is 0.875. The van der Waals surface area contributed by atoms with Crippen LogP contribution in [0.3, 0.4) is 0 Å². The number of rotatable bonds is 6. The lowest BCUT2D eigenvalue weighted by Gasteiger charge is -2.16. The van der Waals surface area contributed by atoms with Gasteiger partial charge >= 0.3 is 7.60 Å². The van der Waals surface area contributed by atoms with Crippen molar-refractivity contribution in [3.63, 3.8) is 0 Å². The molecule has 0 bridgehead atoms. The van der Waals surface area contributed by atoms with Gasteiger partial charge in [0.05, 0.1) is 18.9 Å². The van der Waals surface area contributed by atoms with Crippen molar-refractivity contribution < 1.29 is 18.4 Å². The standard InChI is InChI=1S/C8H15O4P/c1-3-11-13(10,12-4-2)8-5-7(8)6-9/h6-8H,3-5H2,1-2H3/t7-,8+/m0/s1. The zero-order valence-electron chi connectivity index (χ0n) is 7.93. The Hall–Kier alpha value is -0.180. The van der Waals surface area contributed by atoms with Gasteiger partial charge in [0.1, 0.15) is 6.29 Å². The van der Waals surface area contributed by atoms with Crippen LogP contribution in [0.25, 0.3) is 0 Å². The molecule has 1 rings (SSSR count). The number of hydrogen-bond donors (Lipinski definition) is 0. The molecule has 76 valence electrons. The molecule has 0 aromatic carbocycles. The third kappa shape index (κ3) is 2.39. The highest BCUT2D eigenvalue weighted by Gasteiger charge is 2.52. The minimum absolute atomic E-state index is 0.121. The maximum absolute atomic E-state index is 11.9. The minimum Gasteiger partial charge on any atom is -0.309 e. The summed E-state index contributed by atoms with van der Waals surface area (Å²) in [4.78, 5) is 10.4. The maximum Gasteiger partial charge on any atom is 0.334 e. The van der Waals surface area contributed by atoms with Crippen molar-refractivity contribution in [2.24, 2.45) is 5.92 Å². The van der Waals surface area contributed by atoms with Gasteiger partial charge in [-0.05, 0) is 20.3 Å². The number of carbonyl (C=O) groups is 1. The van der Waals surface area contributed by atoms with E-state index in [9.17, 15) is 9.36 Å². The van der Waals surface area contributed by atoms with E-state index < -0.39 is 7.60 Å². The second-order valence-electron chi connectivity index (χ2n) is 2.98. The molecule has 5 heteroatoms. The van der Waals surface area contributed by atoms with Gasteiger partial charge in [0.2, 0.25) is 0 Å². The Morgan fingerprint density at radius 1 is 1.38 bits per heavy atom. The molecule has 2 atom stereocenters. The molecule has 0 spiro atoms. The van der Waals surface area contributed by atoms with Crippen molar-refractivity contribution in [3.8, 4) is 0 Å². The van der Waals surface area contributed by atoms with Gasteiger partial charge in [0.25, 0.3) is 0 Å². The van der Waals surface area contributed by atoms with E-state index in [1.165, 1.54) is 0 Å². The van der Waals surface area contributed by atoms with Gasteiger partial charge in [0.15, 0.2) is 0 Å². The van der Waals surface area contributed by atoms with Crippen LogP contribution < -0.4 is 0 Å². The molecule has 13 heavy (non-hydrogen) atoms. The van der Waals surface area contributed by atoms with Crippen molar-refractivity contribution >= 4 is 13.9 Å². The Bertz CT molecular complexity index is 218. The first-order chi connectivity index (χ1) is 6.18. The summed E-state index contributed by atoms with van der Waals surface area (Å²) in [5.74, 6) is -0.121. The van der Waals surface area contributed by atoms with E-state index in [1.807, 2.05) is 0 Å². The molecule has 0 saturated heterocycles. The summed E-state index contributed by atoms with van der Waals surface area (Å²) in [5, 5.41) is 0. The third-order valence-electron chi connectivity index (χ3n) is 2.00. The van der Waals surface area contributed by atoms with E-state index in [0.29, 0.717) is 19.6 Å². The van der Waals surface area contributed by atoms with Crippen LogP contribution in [0.4, 0.5) is 0 Å². The second kappa shape index (κ2) is 4.36. The van der Waals surface area contributed by atoms with Crippen LogP contribution in [-0.2, 0) is 18.4 Å². The number of hydrogen-bond acceptors (Lipinski definition) is 4. The highest BCUT2D eigenvalue weighted by Crippen LogP contribution is 2.64. The van der Waals surface area contributed by atoms with Gasteiger partial charge in [0, 0.05) is 5.92 Å². The van der Waals surface area contributed by atoms with Gasteiger partial charge in [-0.2, -0.15) is 0 Å². The molecule has 0 N–H and O–H groups in total. The van der Waals surface area contributed by atoms with Crippen LogP contribution in [-0.4, -0.2) is 25.2 Å². The van der Waals surface area contributed by atoms with Crippen molar-refractivity contribution in [1.82, 2.24) is 0 Å². The first kappa shape index (κ1) is 10.9. The Balaban J connectivity index is 2.57. The van der Waals surface area contributed by atoms with E-state index in [0.717, 1.165) is 6.29 Å². The lowest BCUT2D eigenvalue weighted by Crippen LogP contribution is -2.02. The van der Waals surface area contributed by atoms with E-state index >= 15 is 0 Å². The quantitative estimate of drug-likeness (QED) is 0.491. The van der Waals surface area contributed by atoms with E-state index in [-0.39, 0.29) is 11.6 Å². The molecular formula is C8H15O4P. The molecule has 0 amide bonds. The van der Waals surface area contributed by atoms with Crippen LogP contribution in [0, 0.1) is 5.92 Å². The highest BCUT2D eigenvalue weighted by atomic mass is 31.2. The monoisotopic (exact) mass is 206 g/mol. The first-order valence-corrected chi connectivity index (χ1v) is 6.13. The van der Waals surface area contributed by atoms with E-state index in [1.54, 1.807) is 13.8 Å². The summed E-state index contributed by atoms with van der Waals surface area (Å²) in [7, 11) is -2.98. The van der Waals surface area contributed by atoms with Crippen molar-refractivity contribution in [1.29, 1.82) is 0 Å². The molecule has 0 aromatic rings. The molecule has 1 saturated carbocycles. The fourth-order valence-electron chi connectivity index (χ4n) is 1.30. The largest absolute Gasteiger partial charge is 0.334 e. The van der Waals surface area contributed by atoms with Gasteiger partial charge in [-0.15, -0.1) is 0 Å². The molecule has 0 heterocycles. The summed E-state index contributed by atoms with van der Waals surface area (Å²) in [6.07, 6.45) is 1.47. The Labute approximate surface area is 78.1 Å². The Kier molecular flexibility index (Phi) is 3.65. The zero-order chi connectivity index (χ0) is 9.90. The molecule has 0 aromatic heterocycles. The normalized spacial score (nSPS) is 27.2. The Morgan fingerprint density at radius 3 is 2.23 bits per heavy atom. The molecule has 0 radical (unpaired) electrons. The second-order valence-corrected chi connectivity index (χ2v) is 5.24. The van der Waals surface area contributed by atoms with Crippen LogP contribution in [0.15, 0.2) is 0 Å². The minimum atomic E-state index is -2.98. The fourth-order valence-corrected chi connectivity index (χ4v) is 3.52. The zero-order valence-corrected chi connectivity index (χ0v) is 8.83. The SMILES string of the molecule is CCOP(=O)(OCC)[C@@H]1C[C@H]1C=O. The van der Waals surface area contributed by atoms with Crippen LogP contribution in [0.2, 0.25) is 0 Å². The topological polar surface area (TPSA) is 52.6 Å². The van der Waals surface area contributed by atoms with Crippen molar-refractivity contribution in [3.05, 3.63) is 0 Å². The van der Waals surface area contributed by atoms with E-state index in [4.69, 9.17) is 9.05 Å². The van der Waals surface area contributed by atoms with Crippen molar-refractivity contribution in [2.45, 2.75) is 25.9 Å². The van der Waals surface area contributed by atoms with E-state index in [2.05, 4.69) is 0 Å². The lowest BCUT2D eigenvalue weighted by atomic mass is 10.5. The third-order valence-corrected chi connectivity index (χ3v) is 4.65. The molecule has 0 unspecified atom stereocenters. The summed E-state index contributed by atoms with van der Waals surface area (Å²) in [6.45, 7) is 4.26. The predicted molar refractivity (Wildman–Crippen MR) is 48.8 cm³/mol.